The van der Waals surface area contributed by atoms with Gasteiger partial charge < -0.3 is 0 Å². The largest absolute Gasteiger partial charge is 0.242 e. The topological polar surface area (TPSA) is 69.4 Å². The Bertz CT molecular complexity index is 1350. The van der Waals surface area contributed by atoms with Gasteiger partial charge in [-0.15, -0.1) is 0 Å². The maximum absolute atomic E-state index is 14.1. The molecular weight excluding hydrogens is 386 g/mol. The van der Waals surface area contributed by atoms with Crippen molar-refractivity contribution in [1.29, 1.82) is 0 Å². The van der Waals surface area contributed by atoms with Crippen molar-refractivity contribution in [3.05, 3.63) is 90.6 Å². The van der Waals surface area contributed by atoms with Gasteiger partial charge >= 0.3 is 0 Å². The van der Waals surface area contributed by atoms with Gasteiger partial charge in [0.15, 0.2) is 11.5 Å². The summed E-state index contributed by atoms with van der Waals surface area (Å²) in [5.74, 6) is -0.470. The number of nitrogens with zero attached hydrogens (tertiary/aromatic N) is 6. The highest BCUT2D eigenvalue weighted by atomic mass is 19.1. The fourth-order valence-electron chi connectivity index (χ4n) is 3.25. The number of hydrogen-bond acceptors (Lipinski definition) is 5. The second-order valence-corrected chi connectivity index (χ2v) is 6.63. The second-order valence-electron chi connectivity index (χ2n) is 6.63. The lowest BCUT2D eigenvalue weighted by molar-refractivity contribution is 0.584. The SMILES string of the molecule is Fc1cc(-c2cnc(-c3nn(Cc4ccccc4F)c4ncccc34)nc2)ccn1. The number of fused-ring (bicyclic) bond motifs is 1. The smallest absolute Gasteiger partial charge is 0.213 e. The molecule has 0 spiro atoms. The Hall–Kier alpha value is -4.07. The van der Waals surface area contributed by atoms with E-state index in [2.05, 4.69) is 25.0 Å². The van der Waals surface area contributed by atoms with Crippen molar-refractivity contribution in [2.45, 2.75) is 6.54 Å². The van der Waals surface area contributed by atoms with Gasteiger partial charge in [-0.1, -0.05) is 18.2 Å². The molecule has 0 aliphatic heterocycles. The van der Waals surface area contributed by atoms with Crippen LogP contribution in [0.5, 0.6) is 0 Å². The lowest BCUT2D eigenvalue weighted by Gasteiger charge is -2.04. The van der Waals surface area contributed by atoms with Gasteiger partial charge in [0.05, 0.1) is 11.9 Å². The van der Waals surface area contributed by atoms with E-state index in [1.54, 1.807) is 53.6 Å². The Morgan fingerprint density at radius 2 is 1.63 bits per heavy atom. The number of halogens is 2. The average molecular weight is 400 g/mol. The predicted molar refractivity (Wildman–Crippen MR) is 107 cm³/mol. The molecule has 146 valence electrons. The van der Waals surface area contributed by atoms with Crippen LogP contribution >= 0.6 is 0 Å². The highest BCUT2D eigenvalue weighted by Crippen LogP contribution is 2.26. The Morgan fingerprint density at radius 1 is 0.800 bits per heavy atom. The van der Waals surface area contributed by atoms with E-state index in [0.717, 1.165) is 5.39 Å². The van der Waals surface area contributed by atoms with Gasteiger partial charge in [0.2, 0.25) is 5.95 Å². The van der Waals surface area contributed by atoms with E-state index in [1.807, 2.05) is 6.07 Å². The lowest BCUT2D eigenvalue weighted by atomic mass is 10.1. The maximum Gasteiger partial charge on any atom is 0.213 e. The van der Waals surface area contributed by atoms with E-state index < -0.39 is 5.95 Å². The molecule has 0 amide bonds. The highest BCUT2D eigenvalue weighted by molar-refractivity contribution is 5.89. The number of pyridine rings is 2. The maximum atomic E-state index is 14.1. The van der Waals surface area contributed by atoms with E-state index in [4.69, 9.17) is 0 Å². The molecule has 4 aromatic heterocycles. The molecule has 8 heteroatoms. The van der Waals surface area contributed by atoms with Gasteiger partial charge in [-0.25, -0.2) is 29.0 Å². The first-order valence-corrected chi connectivity index (χ1v) is 9.18. The summed E-state index contributed by atoms with van der Waals surface area (Å²) in [6.45, 7) is 0.231. The minimum Gasteiger partial charge on any atom is -0.242 e. The molecule has 6 nitrogen and oxygen atoms in total. The molecule has 0 aliphatic rings. The van der Waals surface area contributed by atoms with Gasteiger partial charge in [0.1, 0.15) is 11.5 Å². The third-order valence-electron chi connectivity index (χ3n) is 4.71. The van der Waals surface area contributed by atoms with Crippen molar-refractivity contribution in [2.24, 2.45) is 0 Å². The minimum atomic E-state index is -0.569. The molecule has 4 heterocycles. The van der Waals surface area contributed by atoms with Crippen molar-refractivity contribution < 1.29 is 8.78 Å². The first-order chi connectivity index (χ1) is 14.7. The normalized spacial score (nSPS) is 11.1. The summed E-state index contributed by atoms with van der Waals surface area (Å²) in [4.78, 5) is 16.8. The van der Waals surface area contributed by atoms with Gasteiger partial charge in [0, 0.05) is 42.0 Å². The molecule has 0 bridgehead atoms. The third-order valence-corrected chi connectivity index (χ3v) is 4.71. The standard InChI is InChI=1S/C22H14F2N6/c23-18-6-2-1-4-15(18)13-30-22-17(5-3-8-26-22)20(29-30)21-27-11-16(12-28-21)14-7-9-25-19(24)10-14/h1-12H,13H2. The van der Waals surface area contributed by atoms with E-state index >= 15 is 0 Å². The van der Waals surface area contributed by atoms with Crippen LogP contribution in [0, 0.1) is 11.8 Å². The van der Waals surface area contributed by atoms with Gasteiger partial charge in [0.25, 0.3) is 0 Å². The first-order valence-electron chi connectivity index (χ1n) is 9.18. The summed E-state index contributed by atoms with van der Waals surface area (Å²) in [5, 5.41) is 5.37. The monoisotopic (exact) mass is 400 g/mol. The summed E-state index contributed by atoms with van der Waals surface area (Å²) >= 11 is 0. The number of aromatic nitrogens is 6. The van der Waals surface area contributed by atoms with Crippen LogP contribution in [0.15, 0.2) is 73.3 Å². The molecule has 0 fully saturated rings. The van der Waals surface area contributed by atoms with Crippen LogP contribution in [-0.4, -0.2) is 29.7 Å². The molecule has 0 saturated heterocycles. The van der Waals surface area contributed by atoms with Gasteiger partial charge in [-0.2, -0.15) is 9.49 Å². The zero-order chi connectivity index (χ0) is 20.5. The summed E-state index contributed by atoms with van der Waals surface area (Å²) in [6.07, 6.45) is 6.26. The van der Waals surface area contributed by atoms with Crippen LogP contribution < -0.4 is 0 Å². The van der Waals surface area contributed by atoms with Crippen molar-refractivity contribution in [3.63, 3.8) is 0 Å². The molecule has 30 heavy (non-hydrogen) atoms. The van der Waals surface area contributed by atoms with Crippen LogP contribution in [0.4, 0.5) is 8.78 Å². The van der Waals surface area contributed by atoms with Crippen LogP contribution in [0.1, 0.15) is 5.56 Å². The number of rotatable bonds is 4. The summed E-state index contributed by atoms with van der Waals surface area (Å²) in [6, 6.07) is 13.2. The van der Waals surface area contributed by atoms with Crippen molar-refractivity contribution in [3.8, 4) is 22.6 Å². The zero-order valence-electron chi connectivity index (χ0n) is 15.6. The number of benzene rings is 1. The van der Waals surface area contributed by atoms with Crippen LogP contribution in [-0.2, 0) is 6.54 Å². The molecule has 0 N–H and O–H groups in total. The number of hydrogen-bond donors (Lipinski definition) is 0. The van der Waals surface area contributed by atoms with Crippen LogP contribution in [0.25, 0.3) is 33.7 Å². The first kappa shape index (κ1) is 18.0. The molecule has 0 atom stereocenters. The molecule has 1 aromatic carbocycles. The van der Waals surface area contributed by atoms with E-state index in [0.29, 0.717) is 33.9 Å². The average Bonchev–Trinajstić information content (AvgIpc) is 3.14. The Labute approximate surface area is 169 Å². The van der Waals surface area contributed by atoms with E-state index in [9.17, 15) is 8.78 Å². The van der Waals surface area contributed by atoms with E-state index in [-0.39, 0.29) is 12.4 Å². The fraction of sp³-hybridized carbons (Fsp3) is 0.0455. The Kier molecular flexibility index (Phi) is 4.44. The van der Waals surface area contributed by atoms with Crippen molar-refractivity contribution >= 4 is 11.0 Å². The molecule has 0 radical (unpaired) electrons. The van der Waals surface area contributed by atoms with Gasteiger partial charge in [-0.05, 0) is 29.8 Å². The lowest BCUT2D eigenvalue weighted by Crippen LogP contribution is -2.04. The summed E-state index contributed by atoms with van der Waals surface area (Å²) in [5.41, 5.74) is 2.95. The molecule has 0 unspecified atom stereocenters. The zero-order valence-corrected chi connectivity index (χ0v) is 15.6. The van der Waals surface area contributed by atoms with E-state index in [1.165, 1.54) is 18.3 Å². The molecule has 0 aliphatic carbocycles. The second kappa shape index (κ2) is 7.40. The molecular formula is C22H14F2N6. The third kappa shape index (κ3) is 3.28. The molecule has 5 rings (SSSR count). The summed E-state index contributed by atoms with van der Waals surface area (Å²) in [7, 11) is 0. The quantitative estimate of drug-likeness (QED) is 0.421. The highest BCUT2D eigenvalue weighted by Gasteiger charge is 2.16. The predicted octanol–water partition coefficient (Wildman–Crippen LogP) is 4.28. The van der Waals surface area contributed by atoms with Crippen molar-refractivity contribution in [1.82, 2.24) is 29.7 Å². The Balaban J connectivity index is 1.55. The van der Waals surface area contributed by atoms with Gasteiger partial charge in [-0.3, -0.25) is 0 Å². The summed E-state index contributed by atoms with van der Waals surface area (Å²) < 4.78 is 29.1. The van der Waals surface area contributed by atoms with Crippen LogP contribution in [0.3, 0.4) is 0 Å². The Morgan fingerprint density at radius 3 is 2.43 bits per heavy atom. The van der Waals surface area contributed by atoms with Crippen molar-refractivity contribution in [2.75, 3.05) is 0 Å². The fourth-order valence-corrected chi connectivity index (χ4v) is 3.25. The van der Waals surface area contributed by atoms with Crippen LogP contribution in [0.2, 0.25) is 0 Å². The minimum absolute atomic E-state index is 0.231. The molecule has 0 saturated carbocycles. The molecule has 5 aromatic rings.